The minimum atomic E-state index is -0.375. The summed E-state index contributed by atoms with van der Waals surface area (Å²) >= 11 is 0. The molecule has 0 radical (unpaired) electrons. The number of carbonyl (C=O) groups is 1. The van der Waals surface area contributed by atoms with Crippen LogP contribution in [-0.4, -0.2) is 37.6 Å². The van der Waals surface area contributed by atoms with Gasteiger partial charge in [0.05, 0.1) is 0 Å². The third-order valence-electron chi connectivity index (χ3n) is 2.44. The van der Waals surface area contributed by atoms with Crippen LogP contribution in [0.15, 0.2) is 55.1 Å². The Hall–Kier alpha value is -1.91. The number of nitrogens with zero attached hydrogens (tertiary/aromatic N) is 1. The molecular weight excluding hydrogens is 264 g/mol. The lowest BCUT2D eigenvalue weighted by Crippen LogP contribution is -2.17. The molecule has 1 aromatic rings. The Bertz CT molecular complexity index is 430. The highest BCUT2D eigenvalue weighted by Gasteiger charge is 1.99. The van der Waals surface area contributed by atoms with Gasteiger partial charge >= 0.3 is 5.97 Å². The lowest BCUT2D eigenvalue weighted by molar-refractivity contribution is -0.138. The van der Waals surface area contributed by atoms with Crippen LogP contribution in [-0.2, 0) is 16.1 Å². The molecule has 0 aliphatic carbocycles. The molecule has 2 N–H and O–H groups in total. The molecule has 0 atom stereocenters. The van der Waals surface area contributed by atoms with Crippen LogP contribution in [0, 0.1) is 0 Å². The van der Waals surface area contributed by atoms with Crippen molar-refractivity contribution in [3.8, 4) is 0 Å². The first-order valence-corrected chi connectivity index (χ1v) is 6.87. The van der Waals surface area contributed by atoms with Gasteiger partial charge in [0.15, 0.2) is 0 Å². The van der Waals surface area contributed by atoms with Crippen molar-refractivity contribution in [1.29, 1.82) is 0 Å². The number of hydrogen-bond donors (Lipinski definition) is 1. The van der Waals surface area contributed by atoms with Gasteiger partial charge in [0.2, 0.25) is 0 Å². The highest BCUT2D eigenvalue weighted by molar-refractivity contribution is 5.86. The minimum Gasteiger partial charge on any atom is -0.461 e. The normalized spacial score (nSPS) is 9.52. The van der Waals surface area contributed by atoms with Gasteiger partial charge in [0.25, 0.3) is 0 Å². The summed E-state index contributed by atoms with van der Waals surface area (Å²) in [5.41, 5.74) is 6.82. The molecule has 116 valence electrons. The largest absolute Gasteiger partial charge is 0.461 e. The molecule has 0 bridgehead atoms. The second kappa shape index (κ2) is 11.9. The highest BCUT2D eigenvalue weighted by atomic mass is 16.5. The van der Waals surface area contributed by atoms with E-state index in [2.05, 4.69) is 54.1 Å². The first-order valence-electron chi connectivity index (χ1n) is 6.87. The molecule has 0 amide bonds. The Balaban J connectivity index is 0.000000400. The van der Waals surface area contributed by atoms with E-state index in [-0.39, 0.29) is 12.6 Å². The van der Waals surface area contributed by atoms with Crippen LogP contribution < -0.4 is 5.73 Å². The SMILES string of the molecule is C=C(C)C(=O)OCCN.C=CCN(C)Cc1ccccc1. The van der Waals surface area contributed by atoms with Crippen molar-refractivity contribution in [1.82, 2.24) is 4.90 Å². The van der Waals surface area contributed by atoms with Gasteiger partial charge in [-0.2, -0.15) is 0 Å². The molecule has 1 aromatic carbocycles. The summed E-state index contributed by atoms with van der Waals surface area (Å²) in [6.07, 6.45) is 1.92. The van der Waals surface area contributed by atoms with Gasteiger partial charge in [-0.25, -0.2) is 4.79 Å². The maximum atomic E-state index is 10.5. The molecule has 0 spiro atoms. The van der Waals surface area contributed by atoms with E-state index in [4.69, 9.17) is 5.73 Å². The number of carbonyl (C=O) groups excluding carboxylic acids is 1. The molecule has 0 saturated carbocycles. The fourth-order valence-corrected chi connectivity index (χ4v) is 1.45. The molecule has 0 fully saturated rings. The standard InChI is InChI=1S/C11H15N.C6H11NO2/c1-3-9-12(2)10-11-7-5-4-6-8-11;1-5(2)6(8)9-4-3-7/h3-8H,1,9-10H2,2H3;1,3-4,7H2,2H3. The van der Waals surface area contributed by atoms with Crippen LogP contribution in [0.5, 0.6) is 0 Å². The molecule has 1 rings (SSSR count). The Labute approximate surface area is 127 Å². The van der Waals surface area contributed by atoms with E-state index in [1.807, 2.05) is 12.1 Å². The topological polar surface area (TPSA) is 55.6 Å². The van der Waals surface area contributed by atoms with Crippen molar-refractivity contribution in [3.63, 3.8) is 0 Å². The summed E-state index contributed by atoms with van der Waals surface area (Å²) in [6, 6.07) is 10.4. The molecule has 0 unspecified atom stereocenters. The van der Waals surface area contributed by atoms with Gasteiger partial charge < -0.3 is 10.5 Å². The summed E-state index contributed by atoms with van der Waals surface area (Å²) in [5, 5.41) is 0. The van der Waals surface area contributed by atoms with E-state index < -0.39 is 0 Å². The number of rotatable bonds is 7. The number of benzene rings is 1. The zero-order chi connectivity index (χ0) is 16.1. The van der Waals surface area contributed by atoms with Gasteiger partial charge in [-0.3, -0.25) is 4.90 Å². The Morgan fingerprint density at radius 1 is 1.38 bits per heavy atom. The summed E-state index contributed by atoms with van der Waals surface area (Å²) in [4.78, 5) is 12.7. The summed E-state index contributed by atoms with van der Waals surface area (Å²) in [5.74, 6) is -0.375. The second-order valence-corrected chi connectivity index (χ2v) is 4.68. The highest BCUT2D eigenvalue weighted by Crippen LogP contribution is 2.01. The third-order valence-corrected chi connectivity index (χ3v) is 2.44. The molecule has 0 saturated heterocycles. The van der Waals surface area contributed by atoms with Gasteiger partial charge in [-0.05, 0) is 19.5 Å². The predicted molar refractivity (Wildman–Crippen MR) is 87.8 cm³/mol. The van der Waals surface area contributed by atoms with Crippen LogP contribution in [0.3, 0.4) is 0 Å². The third kappa shape index (κ3) is 10.5. The maximum Gasteiger partial charge on any atom is 0.333 e. The first kappa shape index (κ1) is 19.1. The van der Waals surface area contributed by atoms with Crippen LogP contribution in [0.4, 0.5) is 0 Å². The molecule has 0 heterocycles. The molecular formula is C17H26N2O2. The molecule has 0 aromatic heterocycles. The predicted octanol–water partition coefficient (Wildman–Crippen LogP) is 2.37. The van der Waals surface area contributed by atoms with E-state index in [9.17, 15) is 4.79 Å². The summed E-state index contributed by atoms with van der Waals surface area (Å²) in [7, 11) is 2.09. The second-order valence-electron chi connectivity index (χ2n) is 4.68. The minimum absolute atomic E-state index is 0.270. The molecule has 4 heteroatoms. The molecule has 21 heavy (non-hydrogen) atoms. The van der Waals surface area contributed by atoms with Crippen molar-refractivity contribution in [2.45, 2.75) is 13.5 Å². The average Bonchev–Trinajstić information content (AvgIpc) is 2.46. The quantitative estimate of drug-likeness (QED) is 0.476. The van der Waals surface area contributed by atoms with E-state index in [0.717, 1.165) is 13.1 Å². The summed E-state index contributed by atoms with van der Waals surface area (Å²) < 4.78 is 4.59. The lowest BCUT2D eigenvalue weighted by Gasteiger charge is -2.13. The van der Waals surface area contributed by atoms with Crippen LogP contribution >= 0.6 is 0 Å². The van der Waals surface area contributed by atoms with E-state index in [1.54, 1.807) is 6.92 Å². The zero-order valence-electron chi connectivity index (χ0n) is 13.0. The van der Waals surface area contributed by atoms with Crippen LogP contribution in [0.25, 0.3) is 0 Å². The van der Waals surface area contributed by atoms with Crippen molar-refractivity contribution < 1.29 is 9.53 Å². The van der Waals surface area contributed by atoms with E-state index in [1.165, 1.54) is 5.56 Å². The van der Waals surface area contributed by atoms with Crippen molar-refractivity contribution >= 4 is 5.97 Å². The monoisotopic (exact) mass is 290 g/mol. The lowest BCUT2D eigenvalue weighted by atomic mass is 10.2. The van der Waals surface area contributed by atoms with Gasteiger partial charge in [0.1, 0.15) is 6.61 Å². The van der Waals surface area contributed by atoms with Gasteiger partial charge in [-0.15, -0.1) is 6.58 Å². The Kier molecular flexibility index (Phi) is 10.8. The summed E-state index contributed by atoms with van der Waals surface area (Å²) in [6.45, 7) is 11.3. The number of likely N-dealkylation sites (N-methyl/N-ethyl adjacent to an activating group) is 1. The zero-order valence-corrected chi connectivity index (χ0v) is 13.0. The number of hydrogen-bond acceptors (Lipinski definition) is 4. The van der Waals surface area contributed by atoms with E-state index in [0.29, 0.717) is 12.1 Å². The molecule has 0 aliphatic rings. The average molecular weight is 290 g/mol. The first-order chi connectivity index (χ1) is 10.0. The number of ether oxygens (including phenoxy) is 1. The van der Waals surface area contributed by atoms with Crippen LogP contribution in [0.1, 0.15) is 12.5 Å². The maximum absolute atomic E-state index is 10.5. The van der Waals surface area contributed by atoms with Crippen molar-refractivity contribution in [3.05, 3.63) is 60.7 Å². The van der Waals surface area contributed by atoms with E-state index >= 15 is 0 Å². The Morgan fingerprint density at radius 2 is 2.00 bits per heavy atom. The smallest absolute Gasteiger partial charge is 0.333 e. The fourth-order valence-electron chi connectivity index (χ4n) is 1.45. The Morgan fingerprint density at radius 3 is 2.48 bits per heavy atom. The molecule has 4 nitrogen and oxygen atoms in total. The molecule has 0 aliphatic heterocycles. The van der Waals surface area contributed by atoms with Crippen molar-refractivity contribution in [2.24, 2.45) is 5.73 Å². The van der Waals surface area contributed by atoms with Gasteiger partial charge in [0, 0.05) is 25.2 Å². The van der Waals surface area contributed by atoms with Crippen molar-refractivity contribution in [2.75, 3.05) is 26.7 Å². The number of esters is 1. The van der Waals surface area contributed by atoms with Crippen LogP contribution in [0.2, 0.25) is 0 Å². The number of nitrogens with two attached hydrogens (primary N) is 1. The fraction of sp³-hybridized carbons (Fsp3) is 0.353. The van der Waals surface area contributed by atoms with Gasteiger partial charge in [-0.1, -0.05) is 43.0 Å².